The number of nitrogens with two attached hydrogens (primary N) is 1. The van der Waals surface area contributed by atoms with Gasteiger partial charge in [0.05, 0.1) is 0 Å². The Morgan fingerprint density at radius 3 is 2.92 bits per heavy atom. The van der Waals surface area contributed by atoms with Crippen LogP contribution >= 0.6 is 15.9 Å². The number of imidazole rings is 1. The molecule has 66 valence electrons. The summed E-state index contributed by atoms with van der Waals surface area (Å²) in [5.41, 5.74) is 6.09. The van der Waals surface area contributed by atoms with Crippen molar-refractivity contribution in [3.8, 4) is 0 Å². The van der Waals surface area contributed by atoms with Crippen molar-refractivity contribution in [2.24, 2.45) is 5.73 Å². The topological polar surface area (TPSA) is 60.4 Å². The summed E-state index contributed by atoms with van der Waals surface area (Å²) in [6.07, 6.45) is 1.80. The quantitative estimate of drug-likeness (QED) is 0.813. The van der Waals surface area contributed by atoms with E-state index in [9.17, 15) is 4.79 Å². The Hall–Kier alpha value is -1.36. The van der Waals surface area contributed by atoms with E-state index in [1.165, 1.54) is 0 Å². The van der Waals surface area contributed by atoms with Crippen LogP contribution in [0.5, 0.6) is 0 Å². The molecule has 0 bridgehead atoms. The van der Waals surface area contributed by atoms with Crippen molar-refractivity contribution in [1.29, 1.82) is 0 Å². The van der Waals surface area contributed by atoms with Gasteiger partial charge in [-0.1, -0.05) is 6.07 Å². The third kappa shape index (κ3) is 1.21. The van der Waals surface area contributed by atoms with E-state index >= 15 is 0 Å². The molecule has 0 radical (unpaired) electrons. The summed E-state index contributed by atoms with van der Waals surface area (Å²) in [5, 5.41) is 0. The minimum Gasteiger partial charge on any atom is -0.364 e. The van der Waals surface area contributed by atoms with Gasteiger partial charge >= 0.3 is 0 Å². The number of primary amides is 1. The molecule has 2 heterocycles. The Kier molecular flexibility index (Phi) is 1.81. The van der Waals surface area contributed by atoms with Crippen LogP contribution in [0.2, 0.25) is 0 Å². The molecule has 0 aromatic carbocycles. The second kappa shape index (κ2) is 2.85. The van der Waals surface area contributed by atoms with Gasteiger partial charge in [-0.2, -0.15) is 0 Å². The fourth-order valence-corrected chi connectivity index (χ4v) is 1.71. The number of nitrogens with zero attached hydrogens (tertiary/aromatic N) is 2. The minimum atomic E-state index is -0.532. The molecule has 2 rings (SSSR count). The van der Waals surface area contributed by atoms with Crippen LogP contribution in [-0.2, 0) is 0 Å². The number of hydrogen-bond acceptors (Lipinski definition) is 2. The molecule has 0 saturated carbocycles. The van der Waals surface area contributed by atoms with Crippen LogP contribution in [0, 0.1) is 0 Å². The van der Waals surface area contributed by atoms with Crippen molar-refractivity contribution < 1.29 is 4.79 Å². The standard InChI is InChI=1S/C8H6BrN3O/c9-7-6(8(10)13)11-5-3-1-2-4-12(5)7/h1-4H,(H2,10,13). The molecule has 1 amide bonds. The Labute approximate surface area is 82.5 Å². The predicted molar refractivity (Wildman–Crippen MR) is 51.4 cm³/mol. The molecule has 0 unspecified atom stereocenters. The highest BCUT2D eigenvalue weighted by molar-refractivity contribution is 9.10. The number of fused-ring (bicyclic) bond motifs is 1. The number of carbonyl (C=O) groups excluding carboxylic acids is 1. The van der Waals surface area contributed by atoms with Gasteiger partial charge in [0.2, 0.25) is 0 Å². The summed E-state index contributed by atoms with van der Waals surface area (Å²) in [6.45, 7) is 0. The SMILES string of the molecule is NC(=O)c1nc2ccccn2c1Br. The lowest BCUT2D eigenvalue weighted by Crippen LogP contribution is -2.11. The molecular formula is C8H6BrN3O. The fourth-order valence-electron chi connectivity index (χ4n) is 1.12. The van der Waals surface area contributed by atoms with Crippen molar-refractivity contribution in [3.05, 3.63) is 34.7 Å². The van der Waals surface area contributed by atoms with Gasteiger partial charge in [-0.3, -0.25) is 9.20 Å². The van der Waals surface area contributed by atoms with Gasteiger partial charge < -0.3 is 5.73 Å². The van der Waals surface area contributed by atoms with Crippen LogP contribution < -0.4 is 5.73 Å². The Morgan fingerprint density at radius 1 is 1.54 bits per heavy atom. The number of hydrogen-bond donors (Lipinski definition) is 1. The van der Waals surface area contributed by atoms with Gasteiger partial charge in [-0.05, 0) is 28.1 Å². The van der Waals surface area contributed by atoms with Crippen molar-refractivity contribution >= 4 is 27.5 Å². The maximum Gasteiger partial charge on any atom is 0.270 e. The molecule has 0 aliphatic heterocycles. The monoisotopic (exact) mass is 239 g/mol. The number of pyridine rings is 1. The van der Waals surface area contributed by atoms with Crippen LogP contribution in [0.3, 0.4) is 0 Å². The lowest BCUT2D eigenvalue weighted by atomic mass is 10.5. The normalized spacial score (nSPS) is 10.5. The third-order valence-corrected chi connectivity index (χ3v) is 2.46. The highest BCUT2D eigenvalue weighted by Crippen LogP contribution is 2.17. The van der Waals surface area contributed by atoms with Gasteiger partial charge in [0, 0.05) is 6.20 Å². The largest absolute Gasteiger partial charge is 0.364 e. The molecule has 0 saturated heterocycles. The molecular weight excluding hydrogens is 234 g/mol. The summed E-state index contributed by atoms with van der Waals surface area (Å²) in [5.74, 6) is -0.532. The predicted octanol–water partition coefficient (Wildman–Crippen LogP) is 1.20. The summed E-state index contributed by atoms with van der Waals surface area (Å²) in [4.78, 5) is 15.0. The average molecular weight is 240 g/mol. The number of rotatable bonds is 1. The molecule has 5 heteroatoms. The van der Waals surface area contributed by atoms with E-state index < -0.39 is 5.91 Å². The van der Waals surface area contributed by atoms with Crippen LogP contribution in [0.1, 0.15) is 10.5 Å². The number of halogens is 1. The van der Waals surface area contributed by atoms with E-state index in [1.54, 1.807) is 16.7 Å². The molecule has 2 aromatic rings. The maximum atomic E-state index is 10.9. The fraction of sp³-hybridized carbons (Fsp3) is 0. The van der Waals surface area contributed by atoms with Crippen molar-refractivity contribution in [1.82, 2.24) is 9.38 Å². The van der Waals surface area contributed by atoms with Gasteiger partial charge in [-0.15, -0.1) is 0 Å². The van der Waals surface area contributed by atoms with Crippen LogP contribution in [0.4, 0.5) is 0 Å². The van der Waals surface area contributed by atoms with E-state index in [2.05, 4.69) is 20.9 Å². The summed E-state index contributed by atoms with van der Waals surface area (Å²) in [6, 6.07) is 5.50. The molecule has 0 aliphatic carbocycles. The lowest BCUT2D eigenvalue weighted by Gasteiger charge is -1.91. The summed E-state index contributed by atoms with van der Waals surface area (Å²) >= 11 is 3.25. The van der Waals surface area contributed by atoms with E-state index in [0.29, 0.717) is 10.3 Å². The zero-order valence-corrected chi connectivity index (χ0v) is 8.15. The zero-order chi connectivity index (χ0) is 9.42. The first-order chi connectivity index (χ1) is 6.20. The number of carbonyl (C=O) groups is 1. The Balaban J connectivity index is 2.81. The number of aromatic nitrogens is 2. The second-order valence-electron chi connectivity index (χ2n) is 2.54. The average Bonchev–Trinajstić information content (AvgIpc) is 2.45. The molecule has 2 aromatic heterocycles. The number of amides is 1. The van der Waals surface area contributed by atoms with E-state index in [4.69, 9.17) is 5.73 Å². The van der Waals surface area contributed by atoms with Crippen LogP contribution in [-0.4, -0.2) is 15.3 Å². The summed E-state index contributed by atoms with van der Waals surface area (Å²) in [7, 11) is 0. The minimum absolute atomic E-state index is 0.256. The molecule has 4 nitrogen and oxygen atoms in total. The van der Waals surface area contributed by atoms with Gasteiger partial charge in [-0.25, -0.2) is 4.98 Å². The lowest BCUT2D eigenvalue weighted by molar-refractivity contribution is 0.0995. The smallest absolute Gasteiger partial charge is 0.270 e. The van der Waals surface area contributed by atoms with E-state index in [-0.39, 0.29) is 5.69 Å². The second-order valence-corrected chi connectivity index (χ2v) is 3.30. The zero-order valence-electron chi connectivity index (χ0n) is 6.57. The van der Waals surface area contributed by atoms with E-state index in [0.717, 1.165) is 0 Å². The molecule has 13 heavy (non-hydrogen) atoms. The summed E-state index contributed by atoms with van der Waals surface area (Å²) < 4.78 is 2.34. The molecule has 0 spiro atoms. The molecule has 2 N–H and O–H groups in total. The first-order valence-corrected chi connectivity index (χ1v) is 4.42. The molecule has 0 atom stereocenters. The van der Waals surface area contributed by atoms with Gasteiger partial charge in [0.25, 0.3) is 5.91 Å². The molecule has 0 aliphatic rings. The first kappa shape index (κ1) is 8.25. The van der Waals surface area contributed by atoms with Crippen LogP contribution in [0.25, 0.3) is 5.65 Å². The van der Waals surface area contributed by atoms with Crippen LogP contribution in [0.15, 0.2) is 29.0 Å². The third-order valence-electron chi connectivity index (χ3n) is 1.71. The highest BCUT2D eigenvalue weighted by Gasteiger charge is 2.12. The Bertz CT molecular complexity index is 477. The van der Waals surface area contributed by atoms with Crippen molar-refractivity contribution in [2.45, 2.75) is 0 Å². The maximum absolute atomic E-state index is 10.9. The Morgan fingerprint density at radius 2 is 2.31 bits per heavy atom. The van der Waals surface area contributed by atoms with Crippen molar-refractivity contribution in [3.63, 3.8) is 0 Å². The molecule has 0 fully saturated rings. The van der Waals surface area contributed by atoms with Gasteiger partial charge in [0.15, 0.2) is 5.69 Å². The van der Waals surface area contributed by atoms with Gasteiger partial charge in [0.1, 0.15) is 10.3 Å². The first-order valence-electron chi connectivity index (χ1n) is 3.62. The van der Waals surface area contributed by atoms with Crippen molar-refractivity contribution in [2.75, 3.05) is 0 Å². The highest BCUT2D eigenvalue weighted by atomic mass is 79.9. The van der Waals surface area contributed by atoms with E-state index in [1.807, 2.05) is 12.1 Å².